The Kier molecular flexibility index (Phi) is 17.1. The SMILES string of the molecule is c1ccc(-c2ccc(-n3c4ccccc4c4cc(-c5ccc6c(c5)c5ccccc5n6-c5ccccc5)ccc43)cc2)cc1.c1ccc(-c2cccc(-n3c4ccccc4c4cc(-c5ccc6c(c5)c5ccccc5n6-c5ccccc5)ccc43)c2)cc1.c1ccc(-n2c3ccccc3c3cc(-c4cccc5c4sc4ccccc45)ccc32)cc1. The zero-order valence-electron chi connectivity index (χ0n) is 65.4. The Bertz CT molecular complexity index is 8250. The number of fused-ring (bicyclic) bond motifs is 18. The molecular weight excluding hydrogens is 1470 g/mol. The fraction of sp³-hybridized carbons (Fsp3) is 0. The van der Waals surface area contributed by atoms with Crippen molar-refractivity contribution >= 4 is 141 Å². The molecule has 6 aromatic heterocycles. The van der Waals surface area contributed by atoms with Crippen LogP contribution in [-0.4, -0.2) is 22.8 Å². The van der Waals surface area contributed by atoms with Crippen LogP contribution < -0.4 is 0 Å². The molecule has 0 aliphatic rings. The molecule has 120 heavy (non-hydrogen) atoms. The molecule has 25 aromatic rings. The van der Waals surface area contributed by atoms with Crippen LogP contribution in [0.15, 0.2) is 455 Å². The van der Waals surface area contributed by atoms with Crippen molar-refractivity contribution in [2.45, 2.75) is 0 Å². The topological polar surface area (TPSA) is 24.6 Å². The minimum Gasteiger partial charge on any atom is -0.309 e. The molecule has 0 atom stereocenters. The van der Waals surface area contributed by atoms with Crippen LogP contribution in [0, 0.1) is 0 Å². The van der Waals surface area contributed by atoms with Gasteiger partial charge in [-0.05, 0) is 213 Å². The Labute approximate surface area is 697 Å². The van der Waals surface area contributed by atoms with Gasteiger partial charge in [-0.1, -0.05) is 297 Å². The van der Waals surface area contributed by atoms with Crippen molar-refractivity contribution in [1.82, 2.24) is 22.8 Å². The van der Waals surface area contributed by atoms with Gasteiger partial charge in [-0.15, -0.1) is 11.3 Å². The summed E-state index contributed by atoms with van der Waals surface area (Å²) in [6.45, 7) is 0. The molecule has 0 aliphatic heterocycles. The monoisotopic (exact) mass is 1550 g/mol. The van der Waals surface area contributed by atoms with Gasteiger partial charge in [0.15, 0.2) is 0 Å². The summed E-state index contributed by atoms with van der Waals surface area (Å²) in [5.41, 5.74) is 30.5. The summed E-state index contributed by atoms with van der Waals surface area (Å²) in [6.07, 6.45) is 0. The lowest BCUT2D eigenvalue weighted by molar-refractivity contribution is 1.18. The van der Waals surface area contributed by atoms with Crippen molar-refractivity contribution in [3.63, 3.8) is 0 Å². The summed E-state index contributed by atoms with van der Waals surface area (Å²) in [5, 5.41) is 15.4. The molecule has 0 aliphatic carbocycles. The average molecular weight is 1550 g/mol. The molecule has 0 saturated heterocycles. The predicted octanol–water partition coefficient (Wildman–Crippen LogP) is 31.2. The van der Waals surface area contributed by atoms with E-state index in [0.717, 1.165) is 0 Å². The number of rotatable bonds is 10. The van der Waals surface area contributed by atoms with Crippen LogP contribution in [0.5, 0.6) is 0 Å². The summed E-state index contributed by atoms with van der Waals surface area (Å²) < 4.78 is 14.6. The standard InChI is InChI=1S/2C42H28N2.C30H19NS/c1-3-12-29(13-4-1)30-14-11-17-34(26-30)44-40-21-10-8-19-36(40)38-28-32(23-25-42(38)44)31-22-24-41-37(27-31)35-18-7-9-20-39(35)43(41)33-15-5-2-6-16-33;1-3-11-29(12-4-1)30-19-23-34(24-20-30)44-40-18-10-8-16-36(40)38-28-32(22-26-42(38)44)31-21-25-41-37(27-31)35-15-7-9-17-39(35)43(41)33-13-5-2-6-14-33;1-2-9-21(10-3-1)31-27-15-6-4-11-23(27)26-19-20(17-18-28(26)31)22-13-8-14-25-24-12-5-7-16-29(24)32-30(22)25/h2*1-28H;1-19H. The summed E-state index contributed by atoms with van der Waals surface area (Å²) in [5.74, 6) is 0. The van der Waals surface area contributed by atoms with E-state index in [2.05, 4.69) is 478 Å². The van der Waals surface area contributed by atoms with E-state index in [4.69, 9.17) is 0 Å². The van der Waals surface area contributed by atoms with Gasteiger partial charge >= 0.3 is 0 Å². The normalized spacial score (nSPS) is 11.7. The molecule has 0 spiro atoms. The van der Waals surface area contributed by atoms with Crippen molar-refractivity contribution < 1.29 is 0 Å². The number of hydrogen-bond donors (Lipinski definition) is 0. The highest BCUT2D eigenvalue weighted by atomic mass is 32.1. The lowest BCUT2D eigenvalue weighted by atomic mass is 10.0. The summed E-state index contributed by atoms with van der Waals surface area (Å²) in [6, 6.07) is 165. The number of thiophene rings is 1. The Hall–Kier alpha value is -15.6. The van der Waals surface area contributed by atoms with Crippen LogP contribution >= 0.6 is 11.3 Å². The van der Waals surface area contributed by atoms with E-state index in [0.29, 0.717) is 0 Å². The van der Waals surface area contributed by atoms with E-state index in [9.17, 15) is 0 Å². The summed E-state index contributed by atoms with van der Waals surface area (Å²) in [4.78, 5) is 0. The molecule has 5 nitrogen and oxygen atoms in total. The smallest absolute Gasteiger partial charge is 0.0541 e. The molecule has 25 rings (SSSR count). The van der Waals surface area contributed by atoms with E-state index < -0.39 is 0 Å². The first-order valence-electron chi connectivity index (χ1n) is 41.1. The lowest BCUT2D eigenvalue weighted by Crippen LogP contribution is -1.94. The van der Waals surface area contributed by atoms with Crippen molar-refractivity contribution in [3.05, 3.63) is 455 Å². The molecule has 562 valence electrons. The molecule has 0 radical (unpaired) electrons. The molecule has 6 heterocycles. The van der Waals surface area contributed by atoms with Gasteiger partial charge < -0.3 is 22.8 Å². The lowest BCUT2D eigenvalue weighted by Gasteiger charge is -2.11. The fourth-order valence-corrected chi connectivity index (χ4v) is 20.0. The van der Waals surface area contributed by atoms with E-state index in [1.165, 1.54) is 213 Å². The molecule has 0 saturated carbocycles. The van der Waals surface area contributed by atoms with Gasteiger partial charge in [0.05, 0.1) is 55.2 Å². The first kappa shape index (κ1) is 69.9. The number of hydrogen-bond acceptors (Lipinski definition) is 1. The van der Waals surface area contributed by atoms with Crippen molar-refractivity contribution in [2.75, 3.05) is 0 Å². The van der Waals surface area contributed by atoms with Crippen molar-refractivity contribution in [2.24, 2.45) is 0 Å². The highest BCUT2D eigenvalue weighted by Gasteiger charge is 2.22. The van der Waals surface area contributed by atoms with Gasteiger partial charge in [0, 0.05) is 102 Å². The molecule has 0 fully saturated rings. The van der Waals surface area contributed by atoms with E-state index in [1.807, 2.05) is 11.3 Å². The first-order valence-corrected chi connectivity index (χ1v) is 41.9. The molecule has 19 aromatic carbocycles. The number of nitrogens with zero attached hydrogens (tertiary/aromatic N) is 5. The van der Waals surface area contributed by atoms with Gasteiger partial charge in [-0.25, -0.2) is 0 Å². The zero-order chi connectivity index (χ0) is 79.1. The van der Waals surface area contributed by atoms with Crippen LogP contribution in [0.2, 0.25) is 0 Å². The largest absolute Gasteiger partial charge is 0.309 e. The van der Waals surface area contributed by atoms with Crippen LogP contribution in [0.25, 0.3) is 213 Å². The second-order valence-electron chi connectivity index (χ2n) is 31.0. The minimum absolute atomic E-state index is 1.17. The zero-order valence-corrected chi connectivity index (χ0v) is 66.3. The minimum atomic E-state index is 1.17. The molecule has 0 N–H and O–H groups in total. The predicted molar refractivity (Wildman–Crippen MR) is 511 cm³/mol. The molecule has 6 heteroatoms. The maximum absolute atomic E-state index is 2.40. The van der Waals surface area contributed by atoms with Gasteiger partial charge in [0.1, 0.15) is 0 Å². The third kappa shape index (κ3) is 11.9. The second kappa shape index (κ2) is 29.3. The molecule has 0 unspecified atom stereocenters. The Morgan fingerprint density at radius 1 is 0.133 bits per heavy atom. The van der Waals surface area contributed by atoms with Gasteiger partial charge in [-0.2, -0.15) is 0 Å². The highest BCUT2D eigenvalue weighted by molar-refractivity contribution is 7.26. The Morgan fingerprint density at radius 2 is 0.375 bits per heavy atom. The van der Waals surface area contributed by atoms with Crippen molar-refractivity contribution in [3.8, 4) is 84.1 Å². The third-order valence-corrected chi connectivity index (χ3v) is 25.5. The number of para-hydroxylation sites is 8. The van der Waals surface area contributed by atoms with Crippen LogP contribution in [0.1, 0.15) is 0 Å². The van der Waals surface area contributed by atoms with E-state index >= 15 is 0 Å². The first-order chi connectivity index (χ1) is 59.5. The van der Waals surface area contributed by atoms with Gasteiger partial charge in [-0.3, -0.25) is 0 Å². The molecular formula is C114H75N5S. The number of aromatic nitrogens is 5. The highest BCUT2D eigenvalue weighted by Crippen LogP contribution is 2.45. The van der Waals surface area contributed by atoms with Crippen LogP contribution in [-0.2, 0) is 0 Å². The fourth-order valence-electron chi connectivity index (χ4n) is 18.7. The van der Waals surface area contributed by atoms with E-state index in [-0.39, 0.29) is 0 Å². The summed E-state index contributed by atoms with van der Waals surface area (Å²) >= 11 is 1.89. The van der Waals surface area contributed by atoms with Gasteiger partial charge in [0.25, 0.3) is 0 Å². The maximum Gasteiger partial charge on any atom is 0.0541 e. The maximum atomic E-state index is 2.40. The molecule has 0 amide bonds. The Morgan fingerprint density at radius 3 is 0.767 bits per heavy atom. The van der Waals surface area contributed by atoms with Crippen LogP contribution in [0.3, 0.4) is 0 Å². The van der Waals surface area contributed by atoms with Crippen LogP contribution in [0.4, 0.5) is 0 Å². The van der Waals surface area contributed by atoms with Gasteiger partial charge in [0.2, 0.25) is 0 Å². The van der Waals surface area contributed by atoms with E-state index in [1.54, 1.807) is 0 Å². The third-order valence-electron chi connectivity index (χ3n) is 24.2. The number of benzene rings is 19. The molecule has 0 bridgehead atoms. The second-order valence-corrected chi connectivity index (χ2v) is 32.1. The van der Waals surface area contributed by atoms with Crippen molar-refractivity contribution in [1.29, 1.82) is 0 Å². The quantitative estimate of drug-likeness (QED) is 0.130. The average Bonchev–Trinajstić information content (AvgIpc) is 1.60. The Balaban J connectivity index is 0.000000107. The summed E-state index contributed by atoms with van der Waals surface area (Å²) in [7, 11) is 0.